The fraction of sp³-hybridized carbons (Fsp3) is 0.786. The van der Waals surface area contributed by atoms with E-state index in [2.05, 4.69) is 16.9 Å². The molecule has 2 heterocycles. The minimum Gasteiger partial charge on any atom is -0.396 e. The molecule has 5 heteroatoms. The third kappa shape index (κ3) is 2.86. The zero-order valence-electron chi connectivity index (χ0n) is 12.1. The molecular weight excluding hydrogens is 240 g/mol. The molecule has 0 aliphatic carbocycles. The lowest BCUT2D eigenvalue weighted by molar-refractivity contribution is 0.261. The Kier molecular flexibility index (Phi) is 4.69. The second kappa shape index (κ2) is 6.28. The van der Waals surface area contributed by atoms with Crippen molar-refractivity contribution in [1.29, 1.82) is 0 Å². The summed E-state index contributed by atoms with van der Waals surface area (Å²) in [5.41, 5.74) is 7.95. The molecule has 5 nitrogen and oxygen atoms in total. The fourth-order valence-electron chi connectivity index (χ4n) is 2.98. The van der Waals surface area contributed by atoms with Crippen LogP contribution in [-0.2, 0) is 6.54 Å². The van der Waals surface area contributed by atoms with Crippen molar-refractivity contribution in [2.24, 2.45) is 0 Å². The molecule has 1 aliphatic heterocycles. The van der Waals surface area contributed by atoms with Crippen molar-refractivity contribution in [3.63, 3.8) is 0 Å². The molecule has 3 N–H and O–H groups in total. The summed E-state index contributed by atoms with van der Waals surface area (Å²) >= 11 is 0. The van der Waals surface area contributed by atoms with Gasteiger partial charge in [-0.05, 0) is 39.0 Å². The number of hydrogen-bond donors (Lipinski definition) is 2. The minimum atomic E-state index is 0.238. The monoisotopic (exact) mass is 266 g/mol. The molecule has 0 amide bonds. The van der Waals surface area contributed by atoms with Crippen LogP contribution in [0.3, 0.4) is 0 Å². The number of rotatable bonds is 5. The van der Waals surface area contributed by atoms with Crippen LogP contribution >= 0.6 is 0 Å². The molecule has 0 aromatic carbocycles. The van der Waals surface area contributed by atoms with Gasteiger partial charge in [-0.2, -0.15) is 5.10 Å². The van der Waals surface area contributed by atoms with E-state index in [0.717, 1.165) is 49.6 Å². The van der Waals surface area contributed by atoms with Gasteiger partial charge in [-0.3, -0.25) is 0 Å². The third-order valence-corrected chi connectivity index (χ3v) is 3.94. The van der Waals surface area contributed by atoms with Gasteiger partial charge in [0.05, 0.1) is 11.4 Å². The Bertz CT molecular complexity index is 414. The molecule has 1 saturated heterocycles. The van der Waals surface area contributed by atoms with E-state index in [4.69, 9.17) is 5.73 Å². The van der Waals surface area contributed by atoms with Gasteiger partial charge in [-0.25, -0.2) is 4.68 Å². The van der Waals surface area contributed by atoms with Gasteiger partial charge < -0.3 is 15.7 Å². The average Bonchev–Trinajstić information content (AvgIpc) is 2.67. The van der Waals surface area contributed by atoms with Crippen molar-refractivity contribution >= 4 is 11.5 Å². The number of aryl methyl sites for hydroxylation is 2. The molecule has 1 atom stereocenters. The van der Waals surface area contributed by atoms with Crippen LogP contribution in [0, 0.1) is 6.92 Å². The van der Waals surface area contributed by atoms with Crippen LogP contribution in [0.5, 0.6) is 0 Å². The van der Waals surface area contributed by atoms with Crippen LogP contribution in [0.15, 0.2) is 0 Å². The highest BCUT2D eigenvalue weighted by Crippen LogP contribution is 2.32. The van der Waals surface area contributed by atoms with Crippen molar-refractivity contribution in [3.8, 4) is 0 Å². The summed E-state index contributed by atoms with van der Waals surface area (Å²) in [6, 6.07) is 0.396. The van der Waals surface area contributed by atoms with Crippen LogP contribution in [0.1, 0.15) is 44.7 Å². The van der Waals surface area contributed by atoms with E-state index < -0.39 is 0 Å². The number of hydrogen-bond acceptors (Lipinski definition) is 4. The molecular formula is C14H26N4O. The highest BCUT2D eigenvalue weighted by molar-refractivity contribution is 5.66. The van der Waals surface area contributed by atoms with Gasteiger partial charge >= 0.3 is 0 Å². The van der Waals surface area contributed by atoms with Gasteiger partial charge in [0, 0.05) is 25.7 Å². The molecule has 1 fully saturated rings. The van der Waals surface area contributed by atoms with E-state index in [1.165, 1.54) is 12.8 Å². The Morgan fingerprint density at radius 2 is 2.21 bits per heavy atom. The average molecular weight is 266 g/mol. The van der Waals surface area contributed by atoms with E-state index in [1.54, 1.807) is 0 Å². The number of aromatic nitrogens is 2. The van der Waals surface area contributed by atoms with Crippen molar-refractivity contribution in [1.82, 2.24) is 9.78 Å². The summed E-state index contributed by atoms with van der Waals surface area (Å²) in [5.74, 6) is 1.07. The molecule has 1 aliphatic rings. The number of piperidine rings is 1. The van der Waals surface area contributed by atoms with Gasteiger partial charge in [0.1, 0.15) is 0 Å². The summed E-state index contributed by atoms with van der Waals surface area (Å²) < 4.78 is 2.04. The quantitative estimate of drug-likeness (QED) is 0.854. The van der Waals surface area contributed by atoms with Crippen molar-refractivity contribution in [3.05, 3.63) is 5.69 Å². The Balaban J connectivity index is 2.31. The standard InChI is InChI=1S/C14H26N4O/c1-3-8-18-14(13(15)11(2)16-18)17-9-5-4-6-12(17)7-10-19/h12,19H,3-10,15H2,1-2H3. The van der Waals surface area contributed by atoms with Crippen molar-refractivity contribution < 1.29 is 5.11 Å². The molecule has 108 valence electrons. The van der Waals surface area contributed by atoms with Crippen LogP contribution in [0.4, 0.5) is 11.5 Å². The summed E-state index contributed by atoms with van der Waals surface area (Å²) in [5, 5.41) is 13.8. The molecule has 0 radical (unpaired) electrons. The van der Waals surface area contributed by atoms with Gasteiger partial charge in [0.15, 0.2) is 5.82 Å². The first-order valence-electron chi connectivity index (χ1n) is 7.39. The van der Waals surface area contributed by atoms with E-state index in [-0.39, 0.29) is 6.61 Å². The van der Waals surface area contributed by atoms with Crippen LogP contribution in [0.2, 0.25) is 0 Å². The Labute approximate surface area is 115 Å². The summed E-state index contributed by atoms with van der Waals surface area (Å²) in [6.45, 7) is 6.27. The number of nitrogens with two attached hydrogens (primary N) is 1. The number of nitrogen functional groups attached to an aromatic ring is 1. The predicted molar refractivity (Wildman–Crippen MR) is 78.4 cm³/mol. The zero-order chi connectivity index (χ0) is 13.8. The molecule has 1 unspecified atom stereocenters. The Morgan fingerprint density at radius 1 is 1.42 bits per heavy atom. The van der Waals surface area contributed by atoms with Crippen LogP contribution in [-0.4, -0.2) is 34.1 Å². The normalized spacial score (nSPS) is 19.9. The van der Waals surface area contributed by atoms with Crippen molar-refractivity contribution in [2.45, 2.75) is 58.5 Å². The van der Waals surface area contributed by atoms with E-state index in [1.807, 2.05) is 11.6 Å². The first-order chi connectivity index (χ1) is 9.19. The van der Waals surface area contributed by atoms with E-state index in [0.29, 0.717) is 6.04 Å². The highest BCUT2D eigenvalue weighted by Gasteiger charge is 2.27. The van der Waals surface area contributed by atoms with Crippen LogP contribution < -0.4 is 10.6 Å². The predicted octanol–water partition coefficient (Wildman–Crippen LogP) is 1.93. The number of aliphatic hydroxyl groups excluding tert-OH is 1. The molecule has 2 rings (SSSR count). The Morgan fingerprint density at radius 3 is 2.89 bits per heavy atom. The molecule has 19 heavy (non-hydrogen) atoms. The fourth-order valence-corrected chi connectivity index (χ4v) is 2.98. The molecule has 1 aromatic heterocycles. The maximum absolute atomic E-state index is 9.25. The van der Waals surface area contributed by atoms with Gasteiger partial charge in [0.25, 0.3) is 0 Å². The topological polar surface area (TPSA) is 67.3 Å². The zero-order valence-corrected chi connectivity index (χ0v) is 12.1. The Hall–Kier alpha value is -1.23. The summed E-state index contributed by atoms with van der Waals surface area (Å²) in [7, 11) is 0. The summed E-state index contributed by atoms with van der Waals surface area (Å²) in [6.07, 6.45) is 5.43. The minimum absolute atomic E-state index is 0.238. The SMILES string of the molecule is CCCn1nc(C)c(N)c1N1CCCCC1CCO. The molecule has 1 aromatic rings. The van der Waals surface area contributed by atoms with Gasteiger partial charge in [-0.1, -0.05) is 6.92 Å². The van der Waals surface area contributed by atoms with E-state index >= 15 is 0 Å². The first kappa shape index (κ1) is 14.2. The second-order valence-electron chi connectivity index (χ2n) is 5.40. The molecule has 0 saturated carbocycles. The first-order valence-corrected chi connectivity index (χ1v) is 7.39. The largest absolute Gasteiger partial charge is 0.396 e. The highest BCUT2D eigenvalue weighted by atomic mass is 16.3. The van der Waals surface area contributed by atoms with Crippen LogP contribution in [0.25, 0.3) is 0 Å². The molecule has 0 bridgehead atoms. The third-order valence-electron chi connectivity index (χ3n) is 3.94. The maximum atomic E-state index is 9.25. The maximum Gasteiger partial charge on any atom is 0.150 e. The number of nitrogens with zero attached hydrogens (tertiary/aromatic N) is 3. The lowest BCUT2D eigenvalue weighted by Crippen LogP contribution is -2.41. The van der Waals surface area contributed by atoms with E-state index in [9.17, 15) is 5.11 Å². The van der Waals surface area contributed by atoms with Gasteiger partial charge in [0.2, 0.25) is 0 Å². The molecule has 0 spiro atoms. The number of anilines is 2. The smallest absolute Gasteiger partial charge is 0.150 e. The van der Waals surface area contributed by atoms with Gasteiger partial charge in [-0.15, -0.1) is 0 Å². The lowest BCUT2D eigenvalue weighted by atomic mass is 9.99. The summed E-state index contributed by atoms with van der Waals surface area (Å²) in [4.78, 5) is 2.37. The number of aliphatic hydroxyl groups is 1. The second-order valence-corrected chi connectivity index (χ2v) is 5.40. The van der Waals surface area contributed by atoms with Crippen molar-refractivity contribution in [2.75, 3.05) is 23.8 Å². The lowest BCUT2D eigenvalue weighted by Gasteiger charge is -2.37.